The van der Waals surface area contributed by atoms with Gasteiger partial charge in [-0.1, -0.05) is 13.0 Å². The molecule has 0 spiro atoms. The summed E-state index contributed by atoms with van der Waals surface area (Å²) in [6.45, 7) is 9.31. The molecule has 1 fully saturated rings. The maximum absolute atomic E-state index is 12.6. The van der Waals surface area contributed by atoms with Gasteiger partial charge in [0.2, 0.25) is 0 Å². The van der Waals surface area contributed by atoms with Crippen LogP contribution in [0.1, 0.15) is 58.6 Å². The molecule has 2 rings (SSSR count). The topological polar surface area (TPSA) is 54.5 Å². The van der Waals surface area contributed by atoms with Crippen LogP contribution in [0, 0.1) is 0 Å². The van der Waals surface area contributed by atoms with Crippen LogP contribution in [0.25, 0.3) is 0 Å². The number of ether oxygens (including phenoxy) is 1. The standard InChI is InChI=1S/C17H27N3O2/c1-5-12-20(16(21)22-17(2,3)4)15-13(8-6-11-19-15)14-9-7-10-18-14/h6,8,11,14,18H,5,7,9-10,12H2,1-4H3. The molecule has 22 heavy (non-hydrogen) atoms. The molecule has 0 aliphatic carbocycles. The van der Waals surface area contributed by atoms with E-state index in [1.54, 1.807) is 11.1 Å². The van der Waals surface area contributed by atoms with Crippen molar-refractivity contribution in [2.75, 3.05) is 18.0 Å². The molecule has 1 amide bonds. The summed E-state index contributed by atoms with van der Waals surface area (Å²) in [5.74, 6) is 0.720. The lowest BCUT2D eigenvalue weighted by atomic mass is 10.1. The van der Waals surface area contributed by atoms with Crippen LogP contribution in [0.2, 0.25) is 0 Å². The highest BCUT2D eigenvalue weighted by Gasteiger charge is 2.28. The summed E-state index contributed by atoms with van der Waals surface area (Å²) in [6.07, 6.45) is 4.49. The highest BCUT2D eigenvalue weighted by molar-refractivity contribution is 5.87. The van der Waals surface area contributed by atoms with Crippen LogP contribution in [-0.4, -0.2) is 29.8 Å². The summed E-state index contributed by atoms with van der Waals surface area (Å²) in [5, 5.41) is 3.48. The summed E-state index contributed by atoms with van der Waals surface area (Å²) < 4.78 is 5.55. The third kappa shape index (κ3) is 4.19. The van der Waals surface area contributed by atoms with Gasteiger partial charge in [-0.05, 0) is 52.6 Å². The molecule has 0 radical (unpaired) electrons. The van der Waals surface area contributed by atoms with Gasteiger partial charge in [-0.2, -0.15) is 0 Å². The Kier molecular flexibility index (Phi) is 5.40. The SMILES string of the molecule is CCCN(C(=O)OC(C)(C)C)c1ncccc1C1CCCN1. The van der Waals surface area contributed by atoms with Crippen molar-refractivity contribution >= 4 is 11.9 Å². The number of nitrogens with one attached hydrogen (secondary N) is 1. The number of hydrogen-bond donors (Lipinski definition) is 1. The Bertz CT molecular complexity index is 505. The largest absolute Gasteiger partial charge is 0.443 e. The van der Waals surface area contributed by atoms with Crippen molar-refractivity contribution in [2.45, 2.75) is 58.6 Å². The highest BCUT2D eigenvalue weighted by atomic mass is 16.6. The first-order valence-corrected chi connectivity index (χ1v) is 8.11. The van der Waals surface area contributed by atoms with Crippen LogP contribution in [-0.2, 0) is 4.74 Å². The number of carbonyl (C=O) groups is 1. The Labute approximate surface area is 133 Å². The highest BCUT2D eigenvalue weighted by Crippen LogP contribution is 2.30. The van der Waals surface area contributed by atoms with E-state index in [1.165, 1.54) is 0 Å². The lowest BCUT2D eigenvalue weighted by Crippen LogP contribution is -2.38. The van der Waals surface area contributed by atoms with Crippen molar-refractivity contribution < 1.29 is 9.53 Å². The minimum atomic E-state index is -0.510. The second-order valence-corrected chi connectivity index (χ2v) is 6.70. The van der Waals surface area contributed by atoms with Crippen LogP contribution >= 0.6 is 0 Å². The van der Waals surface area contributed by atoms with E-state index in [2.05, 4.69) is 16.4 Å². The molecule has 0 aromatic carbocycles. The third-order valence-electron chi connectivity index (χ3n) is 3.57. The van der Waals surface area contributed by atoms with Gasteiger partial charge in [-0.25, -0.2) is 9.78 Å². The molecule has 122 valence electrons. The zero-order valence-electron chi connectivity index (χ0n) is 14.1. The molecule has 1 aromatic rings. The third-order valence-corrected chi connectivity index (χ3v) is 3.57. The van der Waals surface area contributed by atoms with Crippen LogP contribution in [0.15, 0.2) is 18.3 Å². The van der Waals surface area contributed by atoms with Crippen LogP contribution in [0.3, 0.4) is 0 Å². The van der Waals surface area contributed by atoms with Crippen molar-refractivity contribution in [2.24, 2.45) is 0 Å². The Morgan fingerprint density at radius 1 is 1.50 bits per heavy atom. The number of rotatable bonds is 4. The predicted octanol–water partition coefficient (Wildman–Crippen LogP) is 3.66. The van der Waals surface area contributed by atoms with Crippen molar-refractivity contribution in [1.82, 2.24) is 10.3 Å². The second-order valence-electron chi connectivity index (χ2n) is 6.70. The Balaban J connectivity index is 2.30. The van der Waals surface area contributed by atoms with Gasteiger partial charge in [0.25, 0.3) is 0 Å². The summed E-state index contributed by atoms with van der Waals surface area (Å²) >= 11 is 0. The quantitative estimate of drug-likeness (QED) is 0.922. The Morgan fingerprint density at radius 2 is 2.27 bits per heavy atom. The molecule has 1 aliphatic heterocycles. The predicted molar refractivity (Wildman–Crippen MR) is 88.1 cm³/mol. The molecular weight excluding hydrogens is 278 g/mol. The van der Waals surface area contributed by atoms with E-state index in [-0.39, 0.29) is 12.1 Å². The first-order chi connectivity index (χ1) is 10.4. The summed E-state index contributed by atoms with van der Waals surface area (Å²) in [6, 6.07) is 4.25. The van der Waals surface area contributed by atoms with E-state index in [1.807, 2.05) is 33.8 Å². The average molecular weight is 305 g/mol. The van der Waals surface area contributed by atoms with Crippen molar-refractivity contribution in [3.8, 4) is 0 Å². The molecule has 5 heteroatoms. The number of carbonyl (C=O) groups excluding carboxylic acids is 1. The van der Waals surface area contributed by atoms with Crippen molar-refractivity contribution in [1.29, 1.82) is 0 Å². The van der Waals surface area contributed by atoms with E-state index in [9.17, 15) is 4.79 Å². The van der Waals surface area contributed by atoms with E-state index >= 15 is 0 Å². The van der Waals surface area contributed by atoms with Gasteiger partial charge in [-0.15, -0.1) is 0 Å². The van der Waals surface area contributed by atoms with Gasteiger partial charge >= 0.3 is 6.09 Å². The molecule has 1 aromatic heterocycles. The smallest absolute Gasteiger partial charge is 0.416 e. The van der Waals surface area contributed by atoms with E-state index in [0.717, 1.165) is 37.2 Å². The lowest BCUT2D eigenvalue weighted by molar-refractivity contribution is 0.0579. The summed E-state index contributed by atoms with van der Waals surface area (Å²) in [7, 11) is 0. The number of hydrogen-bond acceptors (Lipinski definition) is 4. The number of pyridine rings is 1. The monoisotopic (exact) mass is 305 g/mol. The van der Waals surface area contributed by atoms with Gasteiger partial charge < -0.3 is 10.1 Å². The molecule has 1 atom stereocenters. The van der Waals surface area contributed by atoms with Gasteiger partial charge in [-0.3, -0.25) is 4.90 Å². The minimum absolute atomic E-state index is 0.269. The zero-order valence-corrected chi connectivity index (χ0v) is 14.1. The number of anilines is 1. The van der Waals surface area contributed by atoms with Crippen LogP contribution in [0.4, 0.5) is 10.6 Å². The van der Waals surface area contributed by atoms with Gasteiger partial charge in [0.05, 0.1) is 0 Å². The number of nitrogens with zero attached hydrogens (tertiary/aromatic N) is 2. The summed E-state index contributed by atoms with van der Waals surface area (Å²) in [4.78, 5) is 18.7. The average Bonchev–Trinajstić information content (AvgIpc) is 2.97. The lowest BCUT2D eigenvalue weighted by Gasteiger charge is -2.28. The molecule has 5 nitrogen and oxygen atoms in total. The second kappa shape index (κ2) is 7.09. The first-order valence-electron chi connectivity index (χ1n) is 8.11. The molecule has 0 bridgehead atoms. The normalized spacial score (nSPS) is 18.3. The maximum Gasteiger partial charge on any atom is 0.416 e. The van der Waals surface area contributed by atoms with Gasteiger partial charge in [0, 0.05) is 24.3 Å². The molecule has 0 saturated carbocycles. The molecule has 1 unspecified atom stereocenters. The van der Waals surface area contributed by atoms with Crippen molar-refractivity contribution in [3.63, 3.8) is 0 Å². The molecule has 1 aliphatic rings. The zero-order chi connectivity index (χ0) is 16.2. The van der Waals surface area contributed by atoms with Gasteiger partial charge in [0.15, 0.2) is 0 Å². The fourth-order valence-corrected chi connectivity index (χ4v) is 2.68. The van der Waals surface area contributed by atoms with Gasteiger partial charge in [0.1, 0.15) is 11.4 Å². The number of aromatic nitrogens is 1. The van der Waals surface area contributed by atoms with Crippen LogP contribution < -0.4 is 10.2 Å². The maximum atomic E-state index is 12.6. The van der Waals surface area contributed by atoms with Crippen molar-refractivity contribution in [3.05, 3.63) is 23.9 Å². The van der Waals surface area contributed by atoms with E-state index < -0.39 is 5.60 Å². The Morgan fingerprint density at radius 3 is 2.86 bits per heavy atom. The fourth-order valence-electron chi connectivity index (χ4n) is 2.68. The molecule has 1 N–H and O–H groups in total. The molecular formula is C17H27N3O2. The minimum Gasteiger partial charge on any atom is -0.443 e. The van der Waals surface area contributed by atoms with Crippen LogP contribution in [0.5, 0.6) is 0 Å². The molecule has 2 heterocycles. The Hall–Kier alpha value is -1.62. The van der Waals surface area contributed by atoms with E-state index in [0.29, 0.717) is 6.54 Å². The van der Waals surface area contributed by atoms with E-state index in [4.69, 9.17) is 4.74 Å². The number of amides is 1. The molecule has 1 saturated heterocycles. The fraction of sp³-hybridized carbons (Fsp3) is 0.647. The summed E-state index contributed by atoms with van der Waals surface area (Å²) in [5.41, 5.74) is 0.572. The first kappa shape index (κ1) is 16.7.